The van der Waals surface area contributed by atoms with E-state index in [4.69, 9.17) is 17.2 Å². The second kappa shape index (κ2) is 17.3. The number of hydrogen-bond donors (Lipinski definition) is 9. The van der Waals surface area contributed by atoms with Crippen LogP contribution in [0.15, 0.2) is 60.9 Å². The lowest BCUT2D eigenvalue weighted by Crippen LogP contribution is -2.57. The Balaban J connectivity index is 1.53. The summed E-state index contributed by atoms with van der Waals surface area (Å²) in [5.41, 5.74) is 21.1. The van der Waals surface area contributed by atoms with Crippen LogP contribution in [0.1, 0.15) is 49.7 Å². The molecule has 0 radical (unpaired) electrons. The quantitative estimate of drug-likeness (QED) is 0.0677. The molecule has 0 spiro atoms. The summed E-state index contributed by atoms with van der Waals surface area (Å²) in [5, 5.41) is 19.7. The van der Waals surface area contributed by atoms with Gasteiger partial charge in [0.2, 0.25) is 17.7 Å². The fourth-order valence-corrected chi connectivity index (χ4v) is 5.69. The normalized spacial score (nSPS) is 13.9. The maximum atomic E-state index is 13.9. The molecule has 0 bridgehead atoms. The first kappa shape index (κ1) is 35.1. The first-order chi connectivity index (χ1) is 22.7. The summed E-state index contributed by atoms with van der Waals surface area (Å²) in [6, 6.07) is 11.1. The zero-order valence-electron chi connectivity index (χ0n) is 26.5. The van der Waals surface area contributed by atoms with Crippen molar-refractivity contribution in [2.45, 2.75) is 75.5 Å². The lowest BCUT2D eigenvalue weighted by atomic mass is 10.0. The summed E-state index contributed by atoms with van der Waals surface area (Å²) in [6.45, 7) is 0.805. The molecule has 4 rings (SSSR count). The van der Waals surface area contributed by atoms with Crippen molar-refractivity contribution in [1.82, 2.24) is 25.9 Å². The Morgan fingerprint density at radius 2 is 1.11 bits per heavy atom. The SMILES string of the molecule is NCCCCC(NC(=O)C(CCCCN)NC(=O)C(Cc1c[nH]c2ccccc12)NC(=O)C(N)Cc1c[nH]c2ccccc12)C(=O)O. The van der Waals surface area contributed by atoms with E-state index in [1.807, 2.05) is 54.7 Å². The fraction of sp³-hybridized carbons (Fsp3) is 0.412. The Bertz CT molecular complexity index is 1650. The molecule has 12 N–H and O–H groups in total. The van der Waals surface area contributed by atoms with Crippen molar-refractivity contribution in [1.29, 1.82) is 0 Å². The van der Waals surface area contributed by atoms with Crippen LogP contribution < -0.4 is 33.2 Å². The number of nitrogens with one attached hydrogen (secondary N) is 5. The van der Waals surface area contributed by atoms with Gasteiger partial charge in [0, 0.05) is 40.6 Å². The lowest BCUT2D eigenvalue weighted by Gasteiger charge is -2.25. The van der Waals surface area contributed by atoms with Gasteiger partial charge in [0.1, 0.15) is 18.1 Å². The number of amides is 3. The Labute approximate surface area is 273 Å². The second-order valence-electron chi connectivity index (χ2n) is 11.8. The zero-order valence-corrected chi connectivity index (χ0v) is 26.5. The Morgan fingerprint density at radius 1 is 0.638 bits per heavy atom. The standard InChI is InChI=1S/C34H46N8O5/c35-15-7-5-13-28(32(44)41-29(34(46)47)14-6-8-16-36)40-33(45)30(18-22-20-39-27-12-4-2-10-24(22)27)42-31(43)25(37)17-21-19-38-26-11-3-1-9-23(21)26/h1-4,9-12,19-20,25,28-30,38-39H,5-8,13-18,35-37H2,(H,40,45)(H,41,44)(H,42,43)(H,46,47). The number of aliphatic carboxylic acids is 1. The van der Waals surface area contributed by atoms with Gasteiger partial charge >= 0.3 is 5.97 Å². The smallest absolute Gasteiger partial charge is 0.326 e. The van der Waals surface area contributed by atoms with Crippen LogP contribution in [0.3, 0.4) is 0 Å². The average Bonchev–Trinajstić information content (AvgIpc) is 3.67. The van der Waals surface area contributed by atoms with Crippen molar-refractivity contribution >= 4 is 45.5 Å². The number of aromatic nitrogens is 2. The third-order valence-electron chi connectivity index (χ3n) is 8.32. The van der Waals surface area contributed by atoms with E-state index in [2.05, 4.69) is 25.9 Å². The molecule has 0 aliphatic rings. The molecular weight excluding hydrogens is 600 g/mol. The third kappa shape index (κ3) is 9.64. The fourth-order valence-electron chi connectivity index (χ4n) is 5.69. The highest BCUT2D eigenvalue weighted by atomic mass is 16.4. The van der Waals surface area contributed by atoms with Gasteiger partial charge < -0.3 is 48.2 Å². The molecule has 0 fully saturated rings. The van der Waals surface area contributed by atoms with E-state index in [0.29, 0.717) is 38.8 Å². The van der Waals surface area contributed by atoms with Crippen LogP contribution in [-0.4, -0.2) is 76.0 Å². The van der Waals surface area contributed by atoms with Gasteiger partial charge in [-0.25, -0.2) is 4.79 Å². The molecule has 2 aromatic carbocycles. The number of para-hydroxylation sites is 2. The monoisotopic (exact) mass is 646 g/mol. The largest absolute Gasteiger partial charge is 0.480 e. The predicted molar refractivity (Wildman–Crippen MR) is 181 cm³/mol. The van der Waals surface area contributed by atoms with Gasteiger partial charge in [0.05, 0.1) is 6.04 Å². The van der Waals surface area contributed by atoms with E-state index in [9.17, 15) is 24.3 Å². The molecule has 13 nitrogen and oxygen atoms in total. The number of aromatic amines is 2. The zero-order chi connectivity index (χ0) is 33.8. The Morgan fingerprint density at radius 3 is 1.66 bits per heavy atom. The van der Waals surface area contributed by atoms with Crippen molar-refractivity contribution in [2.24, 2.45) is 17.2 Å². The first-order valence-corrected chi connectivity index (χ1v) is 16.1. The first-order valence-electron chi connectivity index (χ1n) is 16.1. The van der Waals surface area contributed by atoms with Crippen molar-refractivity contribution in [3.8, 4) is 0 Å². The number of carbonyl (C=O) groups is 4. The highest BCUT2D eigenvalue weighted by Crippen LogP contribution is 2.21. The molecule has 0 saturated carbocycles. The molecule has 0 saturated heterocycles. The molecule has 4 unspecified atom stereocenters. The molecule has 0 aliphatic carbocycles. The van der Waals surface area contributed by atoms with E-state index < -0.39 is 47.9 Å². The highest BCUT2D eigenvalue weighted by molar-refractivity contribution is 5.95. The number of carboxylic acid groups (broad SMARTS) is 1. The van der Waals surface area contributed by atoms with Crippen LogP contribution in [0, 0.1) is 0 Å². The molecule has 252 valence electrons. The number of fused-ring (bicyclic) bond motifs is 2. The molecule has 4 atom stereocenters. The maximum Gasteiger partial charge on any atom is 0.326 e. The van der Waals surface area contributed by atoms with Crippen LogP contribution in [0.25, 0.3) is 21.8 Å². The van der Waals surface area contributed by atoms with E-state index >= 15 is 0 Å². The predicted octanol–water partition coefficient (Wildman–Crippen LogP) is 1.56. The van der Waals surface area contributed by atoms with Gasteiger partial charge in [-0.2, -0.15) is 0 Å². The molecule has 2 aromatic heterocycles. The molecule has 2 heterocycles. The van der Waals surface area contributed by atoms with Gasteiger partial charge in [-0.3, -0.25) is 14.4 Å². The molecule has 0 aliphatic heterocycles. The number of unbranched alkanes of at least 4 members (excludes halogenated alkanes) is 2. The van der Waals surface area contributed by atoms with Gasteiger partial charge in [-0.15, -0.1) is 0 Å². The van der Waals surface area contributed by atoms with Gasteiger partial charge in [0.15, 0.2) is 0 Å². The number of hydrogen-bond acceptors (Lipinski definition) is 7. The summed E-state index contributed by atoms with van der Waals surface area (Å²) in [6.07, 6.45) is 6.67. The summed E-state index contributed by atoms with van der Waals surface area (Å²) >= 11 is 0. The van der Waals surface area contributed by atoms with Crippen molar-refractivity contribution in [3.05, 3.63) is 72.1 Å². The minimum absolute atomic E-state index is 0.120. The third-order valence-corrected chi connectivity index (χ3v) is 8.32. The number of H-pyrrole nitrogens is 2. The van der Waals surface area contributed by atoms with Crippen LogP contribution in [0.4, 0.5) is 0 Å². The van der Waals surface area contributed by atoms with Gasteiger partial charge in [-0.1, -0.05) is 36.4 Å². The Hall–Kier alpha value is -4.72. The van der Waals surface area contributed by atoms with Crippen LogP contribution in [0.2, 0.25) is 0 Å². The molecular formula is C34H46N8O5. The maximum absolute atomic E-state index is 13.9. The van der Waals surface area contributed by atoms with Crippen molar-refractivity contribution in [2.75, 3.05) is 13.1 Å². The minimum Gasteiger partial charge on any atom is -0.480 e. The number of carbonyl (C=O) groups excluding carboxylic acids is 3. The average molecular weight is 647 g/mol. The molecule has 4 aromatic rings. The Kier molecular flexibility index (Phi) is 12.9. The number of benzene rings is 2. The van der Waals surface area contributed by atoms with E-state index in [0.717, 1.165) is 32.9 Å². The van der Waals surface area contributed by atoms with E-state index in [1.165, 1.54) is 0 Å². The minimum atomic E-state index is -1.17. The number of nitrogens with two attached hydrogens (primary N) is 3. The molecule has 3 amide bonds. The lowest BCUT2D eigenvalue weighted by molar-refractivity contribution is -0.142. The summed E-state index contributed by atoms with van der Waals surface area (Å²) in [7, 11) is 0. The molecule has 47 heavy (non-hydrogen) atoms. The summed E-state index contributed by atoms with van der Waals surface area (Å²) in [4.78, 5) is 59.1. The second-order valence-corrected chi connectivity index (χ2v) is 11.8. The summed E-state index contributed by atoms with van der Waals surface area (Å²) in [5.74, 6) is -2.91. The van der Waals surface area contributed by atoms with Crippen molar-refractivity contribution in [3.63, 3.8) is 0 Å². The van der Waals surface area contributed by atoms with Crippen molar-refractivity contribution < 1.29 is 24.3 Å². The number of rotatable bonds is 19. The van der Waals surface area contributed by atoms with E-state index in [-0.39, 0.29) is 25.7 Å². The van der Waals surface area contributed by atoms with E-state index in [1.54, 1.807) is 6.20 Å². The summed E-state index contributed by atoms with van der Waals surface area (Å²) < 4.78 is 0. The van der Waals surface area contributed by atoms with Crippen LogP contribution in [-0.2, 0) is 32.0 Å². The van der Waals surface area contributed by atoms with Gasteiger partial charge in [0.25, 0.3) is 0 Å². The topological polar surface area (TPSA) is 234 Å². The highest BCUT2D eigenvalue weighted by Gasteiger charge is 2.31. The van der Waals surface area contributed by atoms with Crippen LogP contribution in [0.5, 0.6) is 0 Å². The number of carboxylic acids is 1. The molecule has 13 heteroatoms. The van der Waals surface area contributed by atoms with Crippen LogP contribution >= 0.6 is 0 Å². The van der Waals surface area contributed by atoms with Gasteiger partial charge in [-0.05, 0) is 81.3 Å².